The molecule has 0 N–H and O–H groups in total. The summed E-state index contributed by atoms with van der Waals surface area (Å²) in [4.78, 5) is 16.0. The van der Waals surface area contributed by atoms with Crippen molar-refractivity contribution >= 4 is 5.91 Å². The Morgan fingerprint density at radius 2 is 2.10 bits per heavy atom. The van der Waals surface area contributed by atoms with Crippen LogP contribution in [0.25, 0.3) is 11.3 Å². The summed E-state index contributed by atoms with van der Waals surface area (Å²) in [6.45, 7) is 1.71. The number of nitrogens with zero attached hydrogens (tertiary/aromatic N) is 3. The lowest BCUT2D eigenvalue weighted by Crippen LogP contribution is -2.40. The van der Waals surface area contributed by atoms with Crippen molar-refractivity contribution in [1.29, 1.82) is 0 Å². The molecule has 2 heterocycles. The molecule has 1 aliphatic rings. The molecule has 0 aliphatic carbocycles. The van der Waals surface area contributed by atoms with Crippen LogP contribution in [0.15, 0.2) is 34.9 Å². The van der Waals surface area contributed by atoms with Gasteiger partial charge in [0.05, 0.1) is 13.1 Å². The van der Waals surface area contributed by atoms with Crippen LogP contribution in [0.1, 0.15) is 11.3 Å². The third-order valence-corrected chi connectivity index (χ3v) is 3.68. The number of benzene rings is 1. The zero-order valence-corrected chi connectivity index (χ0v) is 12.4. The highest BCUT2D eigenvalue weighted by Gasteiger charge is 2.27. The molecule has 0 radical (unpaired) electrons. The van der Waals surface area contributed by atoms with Gasteiger partial charge in [0.2, 0.25) is 5.91 Å². The number of amides is 1. The maximum absolute atomic E-state index is 12.2. The van der Waals surface area contributed by atoms with Crippen LogP contribution in [0.3, 0.4) is 0 Å². The van der Waals surface area contributed by atoms with E-state index in [0.29, 0.717) is 19.6 Å². The molecule has 1 amide bonds. The molecule has 5 nitrogen and oxygen atoms in total. The van der Waals surface area contributed by atoms with Crippen molar-refractivity contribution in [2.24, 2.45) is 0 Å². The van der Waals surface area contributed by atoms with E-state index in [1.807, 2.05) is 54.2 Å². The maximum atomic E-state index is 12.2. The molecule has 0 bridgehead atoms. The number of carbonyl (C=O) groups is 1. The SMILES string of the molecule is CN(C)CC(=O)N1CCc2onc(-c3ccccc3)c2C1. The number of aromatic nitrogens is 1. The highest BCUT2D eigenvalue weighted by Crippen LogP contribution is 2.29. The van der Waals surface area contributed by atoms with Crippen LogP contribution < -0.4 is 0 Å². The van der Waals surface area contributed by atoms with E-state index in [9.17, 15) is 4.79 Å². The second kappa shape index (κ2) is 5.69. The Kier molecular flexibility index (Phi) is 3.75. The minimum atomic E-state index is 0.144. The second-order valence-corrected chi connectivity index (χ2v) is 5.60. The molecule has 1 aliphatic heterocycles. The summed E-state index contributed by atoms with van der Waals surface area (Å²) in [6.07, 6.45) is 0.730. The molecule has 0 saturated heterocycles. The summed E-state index contributed by atoms with van der Waals surface area (Å²) in [6, 6.07) is 9.96. The molecular weight excluding hydrogens is 266 g/mol. The third-order valence-electron chi connectivity index (χ3n) is 3.68. The number of carbonyl (C=O) groups excluding carboxylic acids is 1. The fourth-order valence-electron chi connectivity index (χ4n) is 2.62. The van der Waals surface area contributed by atoms with E-state index >= 15 is 0 Å². The molecular formula is C16H19N3O2. The average molecular weight is 285 g/mol. The van der Waals surface area contributed by atoms with Gasteiger partial charge in [-0.1, -0.05) is 35.5 Å². The minimum Gasteiger partial charge on any atom is -0.360 e. The Hall–Kier alpha value is -2.14. The first-order chi connectivity index (χ1) is 10.1. The van der Waals surface area contributed by atoms with Crippen molar-refractivity contribution in [2.75, 3.05) is 27.2 Å². The molecule has 0 fully saturated rings. The van der Waals surface area contributed by atoms with E-state index < -0.39 is 0 Å². The van der Waals surface area contributed by atoms with Gasteiger partial charge in [-0.05, 0) is 14.1 Å². The lowest BCUT2D eigenvalue weighted by molar-refractivity contribution is -0.132. The van der Waals surface area contributed by atoms with Gasteiger partial charge in [-0.2, -0.15) is 0 Å². The molecule has 0 spiro atoms. The van der Waals surface area contributed by atoms with E-state index in [0.717, 1.165) is 29.0 Å². The standard InChI is InChI=1S/C16H19N3O2/c1-18(2)11-15(20)19-9-8-14-13(10-19)16(17-21-14)12-6-4-3-5-7-12/h3-7H,8-11H2,1-2H3. The van der Waals surface area contributed by atoms with Crippen LogP contribution in [0, 0.1) is 0 Å². The molecule has 0 saturated carbocycles. The lowest BCUT2D eigenvalue weighted by Gasteiger charge is -2.27. The van der Waals surface area contributed by atoms with Gasteiger partial charge in [0.1, 0.15) is 11.5 Å². The number of likely N-dealkylation sites (N-methyl/N-ethyl adjacent to an activating group) is 1. The summed E-state index contributed by atoms with van der Waals surface area (Å²) in [7, 11) is 3.81. The smallest absolute Gasteiger partial charge is 0.237 e. The minimum absolute atomic E-state index is 0.144. The van der Waals surface area contributed by atoms with Crippen molar-refractivity contribution in [3.63, 3.8) is 0 Å². The molecule has 5 heteroatoms. The molecule has 0 unspecified atom stereocenters. The van der Waals surface area contributed by atoms with Gasteiger partial charge in [0, 0.05) is 24.1 Å². The van der Waals surface area contributed by atoms with Gasteiger partial charge in [-0.15, -0.1) is 0 Å². The Bertz CT molecular complexity index is 634. The summed E-state index contributed by atoms with van der Waals surface area (Å²) in [5.74, 6) is 1.05. The Morgan fingerprint density at radius 1 is 1.33 bits per heavy atom. The molecule has 110 valence electrons. The normalized spacial score (nSPS) is 14.3. The maximum Gasteiger partial charge on any atom is 0.237 e. The van der Waals surface area contributed by atoms with Crippen LogP contribution in [0.4, 0.5) is 0 Å². The van der Waals surface area contributed by atoms with Crippen molar-refractivity contribution in [3.8, 4) is 11.3 Å². The first-order valence-corrected chi connectivity index (χ1v) is 7.10. The predicted molar refractivity (Wildman–Crippen MR) is 79.6 cm³/mol. The van der Waals surface area contributed by atoms with Crippen LogP contribution >= 0.6 is 0 Å². The second-order valence-electron chi connectivity index (χ2n) is 5.60. The highest BCUT2D eigenvalue weighted by molar-refractivity contribution is 5.79. The van der Waals surface area contributed by atoms with Crippen LogP contribution in [0.2, 0.25) is 0 Å². The van der Waals surface area contributed by atoms with Crippen molar-refractivity contribution in [3.05, 3.63) is 41.7 Å². The molecule has 3 rings (SSSR count). The van der Waals surface area contributed by atoms with Gasteiger partial charge in [0.25, 0.3) is 0 Å². The summed E-state index contributed by atoms with van der Waals surface area (Å²) in [5, 5.41) is 4.20. The predicted octanol–water partition coefficient (Wildman–Crippen LogP) is 1.79. The van der Waals surface area contributed by atoms with Gasteiger partial charge < -0.3 is 14.3 Å². The fraction of sp³-hybridized carbons (Fsp3) is 0.375. The summed E-state index contributed by atoms with van der Waals surface area (Å²) in [5.41, 5.74) is 2.93. The molecule has 1 aromatic carbocycles. The number of hydrogen-bond donors (Lipinski definition) is 0. The molecule has 2 aromatic rings. The Labute approximate surface area is 124 Å². The van der Waals surface area contributed by atoms with E-state index in [1.165, 1.54) is 0 Å². The van der Waals surface area contributed by atoms with Gasteiger partial charge in [-0.25, -0.2) is 0 Å². The third kappa shape index (κ3) is 2.83. The zero-order chi connectivity index (χ0) is 14.8. The van der Waals surface area contributed by atoms with E-state index in [4.69, 9.17) is 4.52 Å². The quantitative estimate of drug-likeness (QED) is 0.862. The summed E-state index contributed by atoms with van der Waals surface area (Å²) >= 11 is 0. The Balaban J connectivity index is 1.85. The van der Waals surface area contributed by atoms with Crippen LogP contribution in [0.5, 0.6) is 0 Å². The van der Waals surface area contributed by atoms with Crippen molar-refractivity contribution in [2.45, 2.75) is 13.0 Å². The average Bonchev–Trinajstić information content (AvgIpc) is 2.90. The largest absolute Gasteiger partial charge is 0.360 e. The molecule has 21 heavy (non-hydrogen) atoms. The van der Waals surface area contributed by atoms with E-state index in [-0.39, 0.29) is 5.91 Å². The topological polar surface area (TPSA) is 49.6 Å². The fourth-order valence-corrected chi connectivity index (χ4v) is 2.62. The van der Waals surface area contributed by atoms with Crippen molar-refractivity contribution < 1.29 is 9.32 Å². The van der Waals surface area contributed by atoms with Crippen LogP contribution in [-0.4, -0.2) is 48.0 Å². The first kappa shape index (κ1) is 13.8. The van der Waals surface area contributed by atoms with Crippen LogP contribution in [-0.2, 0) is 17.8 Å². The number of rotatable bonds is 3. The monoisotopic (exact) mass is 285 g/mol. The first-order valence-electron chi connectivity index (χ1n) is 7.10. The van der Waals surface area contributed by atoms with Gasteiger partial charge >= 0.3 is 0 Å². The zero-order valence-electron chi connectivity index (χ0n) is 12.4. The lowest BCUT2D eigenvalue weighted by atomic mass is 10.0. The Morgan fingerprint density at radius 3 is 2.81 bits per heavy atom. The summed E-state index contributed by atoms with van der Waals surface area (Å²) < 4.78 is 5.45. The number of fused-ring (bicyclic) bond motifs is 1. The highest BCUT2D eigenvalue weighted by atomic mass is 16.5. The van der Waals surface area contributed by atoms with Crippen molar-refractivity contribution in [1.82, 2.24) is 15.0 Å². The molecule has 0 atom stereocenters. The van der Waals surface area contributed by atoms with Gasteiger partial charge in [-0.3, -0.25) is 4.79 Å². The van der Waals surface area contributed by atoms with Gasteiger partial charge in [0.15, 0.2) is 0 Å². The number of hydrogen-bond acceptors (Lipinski definition) is 4. The van der Waals surface area contributed by atoms with E-state index in [1.54, 1.807) is 0 Å². The van der Waals surface area contributed by atoms with E-state index in [2.05, 4.69) is 5.16 Å². The molecule has 1 aromatic heterocycles.